The molecule has 0 bridgehead atoms. The van der Waals surface area contributed by atoms with Crippen LogP contribution in [0.3, 0.4) is 0 Å². The third-order valence-electron chi connectivity index (χ3n) is 5.37. The molecule has 1 fully saturated rings. The molecule has 0 aromatic heterocycles. The van der Waals surface area contributed by atoms with E-state index in [1.807, 2.05) is 0 Å². The minimum atomic E-state index is -1.94. The summed E-state index contributed by atoms with van der Waals surface area (Å²) in [7, 11) is 1.08. The Hall–Kier alpha value is -2.47. The molecule has 1 aromatic rings. The number of methoxy groups -OCH3 is 1. The molecule has 27 heavy (non-hydrogen) atoms. The average molecular weight is 389 g/mol. The Morgan fingerprint density at radius 3 is 2.07 bits per heavy atom. The maximum Gasteiger partial charge on any atom is 0.311 e. The Morgan fingerprint density at radius 1 is 1.19 bits per heavy atom. The van der Waals surface area contributed by atoms with Crippen LogP contribution in [0.25, 0.3) is 0 Å². The number of benzene rings is 1. The molecule has 4 nitrogen and oxygen atoms in total. The summed E-state index contributed by atoms with van der Waals surface area (Å²) in [6.45, 7) is 2.07. The summed E-state index contributed by atoms with van der Waals surface area (Å²) in [4.78, 5) is 11.9. The van der Waals surface area contributed by atoms with Gasteiger partial charge in [0.05, 0.1) is 17.6 Å². The molecule has 1 N–H and O–H groups in total. The second kappa shape index (κ2) is 6.93. The first kappa shape index (κ1) is 20.8. The fourth-order valence-corrected chi connectivity index (χ4v) is 3.68. The van der Waals surface area contributed by atoms with E-state index < -0.39 is 76.0 Å². The summed E-state index contributed by atoms with van der Waals surface area (Å²) in [5.41, 5.74) is -5.20. The van der Waals surface area contributed by atoms with Crippen molar-refractivity contribution >= 4 is 5.97 Å². The third kappa shape index (κ3) is 2.98. The number of allylic oxidation sites excluding steroid dienone is 2. The SMILES string of the molecule is COCc1c(F)c(F)c(C[C@@]2(C(=O)O)[C@@H](C=C(F)C#N)C2(C)C)c(F)c1F. The van der Waals surface area contributed by atoms with Crippen molar-refractivity contribution in [1.29, 1.82) is 5.26 Å². The van der Waals surface area contributed by atoms with Crippen molar-refractivity contribution in [2.45, 2.75) is 26.9 Å². The Morgan fingerprint density at radius 2 is 1.67 bits per heavy atom. The van der Waals surface area contributed by atoms with Gasteiger partial charge in [0.1, 0.15) is 6.07 Å². The molecule has 2 atom stereocenters. The normalized spacial score (nSPS) is 23.8. The lowest BCUT2D eigenvalue weighted by atomic mass is 9.87. The fourth-order valence-electron chi connectivity index (χ4n) is 3.68. The van der Waals surface area contributed by atoms with Crippen molar-refractivity contribution in [1.82, 2.24) is 0 Å². The van der Waals surface area contributed by atoms with Gasteiger partial charge in [-0.2, -0.15) is 9.65 Å². The number of carboxylic acid groups (broad SMARTS) is 1. The Balaban J connectivity index is 2.61. The largest absolute Gasteiger partial charge is 0.481 e. The molecule has 0 spiro atoms. The molecule has 1 aliphatic rings. The van der Waals surface area contributed by atoms with Gasteiger partial charge in [0.2, 0.25) is 0 Å². The van der Waals surface area contributed by atoms with Crippen LogP contribution < -0.4 is 0 Å². The number of nitriles is 1. The molecule has 1 aliphatic carbocycles. The van der Waals surface area contributed by atoms with Gasteiger partial charge in [-0.25, -0.2) is 17.6 Å². The van der Waals surface area contributed by atoms with Gasteiger partial charge in [-0.05, 0) is 17.9 Å². The molecule has 0 unspecified atom stereocenters. The van der Waals surface area contributed by atoms with Gasteiger partial charge < -0.3 is 9.84 Å². The molecular formula is C18H16F5NO3. The number of nitrogens with zero attached hydrogens (tertiary/aromatic N) is 1. The maximum atomic E-state index is 14.4. The molecule has 1 saturated carbocycles. The van der Waals surface area contributed by atoms with Crippen LogP contribution in [0.4, 0.5) is 22.0 Å². The number of rotatable bonds is 6. The lowest BCUT2D eigenvalue weighted by molar-refractivity contribution is -0.145. The minimum Gasteiger partial charge on any atom is -0.481 e. The van der Waals surface area contributed by atoms with Gasteiger partial charge >= 0.3 is 5.97 Å². The highest BCUT2D eigenvalue weighted by molar-refractivity contribution is 5.82. The van der Waals surface area contributed by atoms with Crippen LogP contribution >= 0.6 is 0 Å². The van der Waals surface area contributed by atoms with Gasteiger partial charge in [0.15, 0.2) is 29.1 Å². The van der Waals surface area contributed by atoms with Gasteiger partial charge in [-0.3, -0.25) is 4.79 Å². The number of halogens is 5. The van der Waals surface area contributed by atoms with Gasteiger partial charge in [-0.1, -0.05) is 13.8 Å². The summed E-state index contributed by atoms with van der Waals surface area (Å²) < 4.78 is 74.9. The smallest absolute Gasteiger partial charge is 0.311 e. The van der Waals surface area contributed by atoms with Gasteiger partial charge in [0.25, 0.3) is 0 Å². The fraction of sp³-hybridized carbons (Fsp3) is 0.444. The zero-order valence-electron chi connectivity index (χ0n) is 14.7. The Bertz CT molecular complexity index is 846. The van der Waals surface area contributed by atoms with Crippen molar-refractivity contribution in [3.05, 3.63) is 46.3 Å². The highest BCUT2D eigenvalue weighted by atomic mass is 19.2. The molecule has 9 heteroatoms. The molecular weight excluding hydrogens is 373 g/mol. The molecule has 146 valence electrons. The van der Waals surface area contributed by atoms with E-state index >= 15 is 0 Å². The summed E-state index contributed by atoms with van der Waals surface area (Å²) >= 11 is 0. The molecule has 0 heterocycles. The summed E-state index contributed by atoms with van der Waals surface area (Å²) in [5, 5.41) is 18.2. The molecule has 0 radical (unpaired) electrons. The van der Waals surface area contributed by atoms with Gasteiger partial charge in [0, 0.05) is 18.6 Å². The van der Waals surface area contributed by atoms with E-state index in [1.54, 1.807) is 0 Å². The van der Waals surface area contributed by atoms with E-state index in [9.17, 15) is 31.9 Å². The van der Waals surface area contributed by atoms with E-state index in [0.29, 0.717) is 0 Å². The first-order valence-electron chi connectivity index (χ1n) is 7.80. The Kier molecular flexibility index (Phi) is 5.34. The number of hydrogen-bond acceptors (Lipinski definition) is 3. The molecule has 2 rings (SSSR count). The van der Waals surface area contributed by atoms with Crippen LogP contribution in [0, 0.1) is 51.3 Å². The second-order valence-electron chi connectivity index (χ2n) is 6.93. The lowest BCUT2D eigenvalue weighted by Gasteiger charge is -2.18. The number of hydrogen-bond donors (Lipinski definition) is 1. The van der Waals surface area contributed by atoms with E-state index in [0.717, 1.165) is 13.2 Å². The predicted molar refractivity (Wildman–Crippen MR) is 82.8 cm³/mol. The third-order valence-corrected chi connectivity index (χ3v) is 5.37. The predicted octanol–water partition coefficient (Wildman–Crippen LogP) is 4.04. The number of carbonyl (C=O) groups is 1. The standard InChI is InChI=1S/C18H16F5NO3/c1-17(2)11(4-8(19)6-24)18(17,16(25)26)5-9-12(20)14(22)10(7-27-3)15(23)13(9)21/h4,11H,5,7H2,1-3H3,(H,25,26)/t11-,18-/m0/s1. The Labute approximate surface area is 151 Å². The van der Waals surface area contributed by atoms with Crippen LogP contribution in [0.1, 0.15) is 25.0 Å². The summed E-state index contributed by atoms with van der Waals surface area (Å²) in [6, 6.07) is 1.20. The van der Waals surface area contributed by atoms with Crippen molar-refractivity contribution in [3.8, 4) is 6.07 Å². The first-order chi connectivity index (χ1) is 12.5. The maximum absolute atomic E-state index is 14.4. The van der Waals surface area contributed by atoms with Crippen LogP contribution in [0.5, 0.6) is 0 Å². The highest BCUT2D eigenvalue weighted by Crippen LogP contribution is 2.71. The van der Waals surface area contributed by atoms with Crippen molar-refractivity contribution in [2.24, 2.45) is 16.7 Å². The quantitative estimate of drug-likeness (QED) is 0.453. The first-order valence-corrected chi connectivity index (χ1v) is 7.80. The van der Waals surface area contributed by atoms with E-state index in [-0.39, 0.29) is 0 Å². The van der Waals surface area contributed by atoms with Crippen LogP contribution in [0.2, 0.25) is 0 Å². The van der Waals surface area contributed by atoms with Crippen molar-refractivity contribution < 1.29 is 36.6 Å². The van der Waals surface area contributed by atoms with Crippen LogP contribution in [-0.2, 0) is 22.6 Å². The number of carboxylic acids is 1. The minimum absolute atomic E-state index is 0.722. The van der Waals surface area contributed by atoms with E-state index in [2.05, 4.69) is 4.74 Å². The summed E-state index contributed by atoms with van der Waals surface area (Å²) in [6.07, 6.45) is -0.177. The van der Waals surface area contributed by atoms with Crippen molar-refractivity contribution in [2.75, 3.05) is 7.11 Å². The summed E-state index contributed by atoms with van der Waals surface area (Å²) in [5.74, 6) is -10.7. The van der Waals surface area contributed by atoms with E-state index in [4.69, 9.17) is 5.26 Å². The van der Waals surface area contributed by atoms with E-state index in [1.165, 1.54) is 19.9 Å². The zero-order chi connectivity index (χ0) is 20.7. The molecule has 1 aromatic carbocycles. The topological polar surface area (TPSA) is 70.3 Å². The zero-order valence-corrected chi connectivity index (χ0v) is 14.7. The second-order valence-corrected chi connectivity index (χ2v) is 6.93. The highest BCUT2D eigenvalue weighted by Gasteiger charge is 2.75. The number of ether oxygens (including phenoxy) is 1. The van der Waals surface area contributed by atoms with Crippen molar-refractivity contribution in [3.63, 3.8) is 0 Å². The van der Waals surface area contributed by atoms with Crippen LogP contribution in [0.15, 0.2) is 11.9 Å². The molecule has 0 saturated heterocycles. The monoisotopic (exact) mass is 389 g/mol. The van der Waals surface area contributed by atoms with Crippen LogP contribution in [-0.4, -0.2) is 18.2 Å². The average Bonchev–Trinajstić information content (AvgIpc) is 3.08. The molecule has 0 amide bonds. The molecule has 0 aliphatic heterocycles. The number of aliphatic carboxylic acids is 1. The lowest BCUT2D eigenvalue weighted by Crippen LogP contribution is -2.26. The van der Waals surface area contributed by atoms with Gasteiger partial charge in [-0.15, -0.1) is 0 Å².